The number of Topliss-reactive ketones (excluding diaryl/α,β-unsaturated/α-hetero) is 1. The highest BCUT2D eigenvalue weighted by atomic mass is 16.1. The van der Waals surface area contributed by atoms with E-state index in [1.165, 1.54) is 0 Å². The van der Waals surface area contributed by atoms with Crippen LogP contribution in [-0.2, 0) is 11.2 Å². The molecule has 4 heteroatoms. The maximum atomic E-state index is 11.6. The third-order valence-corrected chi connectivity index (χ3v) is 3.11. The second-order valence-electron chi connectivity index (χ2n) is 4.38. The smallest absolute Gasteiger partial charge is 0.219 e. The van der Waals surface area contributed by atoms with E-state index in [9.17, 15) is 9.59 Å². The predicted molar refractivity (Wildman–Crippen MR) is 60.2 cm³/mol. The summed E-state index contributed by atoms with van der Waals surface area (Å²) in [5.74, 6) is -0.0941. The van der Waals surface area contributed by atoms with Gasteiger partial charge in [0.05, 0.1) is 0 Å². The van der Waals surface area contributed by atoms with Gasteiger partial charge in [0.25, 0.3) is 0 Å². The van der Waals surface area contributed by atoms with Crippen molar-refractivity contribution >= 4 is 11.7 Å². The number of nitrogens with zero attached hydrogens (tertiary/aromatic N) is 1. The van der Waals surface area contributed by atoms with Crippen molar-refractivity contribution < 1.29 is 9.59 Å². The normalized spacial score (nSPS) is 16.9. The first kappa shape index (κ1) is 10.9. The zero-order valence-corrected chi connectivity index (χ0v) is 9.40. The van der Waals surface area contributed by atoms with Gasteiger partial charge in [-0.25, -0.2) is 0 Å². The number of primary amides is 1. The van der Waals surface area contributed by atoms with Crippen LogP contribution in [0.1, 0.15) is 48.3 Å². The number of ketones is 1. The van der Waals surface area contributed by atoms with E-state index >= 15 is 0 Å². The first-order valence-corrected chi connectivity index (χ1v) is 5.61. The lowest BCUT2D eigenvalue weighted by Crippen LogP contribution is -2.20. The average Bonchev–Trinajstić information content (AvgIpc) is 2.61. The number of aromatic nitrogens is 1. The molecular weight excluding hydrogens is 204 g/mol. The SMILES string of the molecule is CC(CC(N)=O)n1ccc2c1CCCC2=O. The average molecular weight is 220 g/mol. The summed E-state index contributed by atoms with van der Waals surface area (Å²) in [6.07, 6.45) is 4.66. The van der Waals surface area contributed by atoms with Crippen molar-refractivity contribution in [2.75, 3.05) is 0 Å². The molecule has 1 amide bonds. The topological polar surface area (TPSA) is 65.1 Å². The summed E-state index contributed by atoms with van der Waals surface area (Å²) in [6.45, 7) is 1.95. The van der Waals surface area contributed by atoms with Gasteiger partial charge in [0, 0.05) is 36.3 Å². The Balaban J connectivity index is 2.29. The first-order valence-electron chi connectivity index (χ1n) is 5.61. The first-order chi connectivity index (χ1) is 7.59. The summed E-state index contributed by atoms with van der Waals surface area (Å²) in [6, 6.07) is 1.89. The van der Waals surface area contributed by atoms with Gasteiger partial charge in [0.1, 0.15) is 0 Å². The van der Waals surface area contributed by atoms with E-state index < -0.39 is 0 Å². The Kier molecular flexibility index (Phi) is 2.81. The zero-order valence-electron chi connectivity index (χ0n) is 9.40. The van der Waals surface area contributed by atoms with Crippen LogP contribution in [0, 0.1) is 0 Å². The van der Waals surface area contributed by atoms with Crippen molar-refractivity contribution in [2.24, 2.45) is 5.73 Å². The van der Waals surface area contributed by atoms with Gasteiger partial charge in [0.2, 0.25) is 5.91 Å². The summed E-state index contributed by atoms with van der Waals surface area (Å²) in [5, 5.41) is 0. The Bertz CT molecular complexity index is 434. The van der Waals surface area contributed by atoms with Gasteiger partial charge in [0.15, 0.2) is 5.78 Å². The number of fused-ring (bicyclic) bond motifs is 1. The van der Waals surface area contributed by atoms with Crippen LogP contribution in [0.15, 0.2) is 12.3 Å². The highest BCUT2D eigenvalue weighted by molar-refractivity contribution is 5.98. The molecule has 0 aliphatic heterocycles. The molecule has 0 saturated carbocycles. The summed E-state index contributed by atoms with van der Waals surface area (Å²) in [5.41, 5.74) is 7.07. The molecule has 0 bridgehead atoms. The number of rotatable bonds is 3. The Morgan fingerprint density at radius 1 is 1.56 bits per heavy atom. The highest BCUT2D eigenvalue weighted by Gasteiger charge is 2.22. The van der Waals surface area contributed by atoms with E-state index in [0.29, 0.717) is 12.8 Å². The number of carbonyl (C=O) groups is 2. The van der Waals surface area contributed by atoms with Crippen LogP contribution in [0.4, 0.5) is 0 Å². The molecule has 0 radical (unpaired) electrons. The van der Waals surface area contributed by atoms with Gasteiger partial charge in [-0.1, -0.05) is 0 Å². The molecule has 1 aromatic heterocycles. The molecule has 1 aliphatic rings. The molecule has 0 saturated heterocycles. The van der Waals surface area contributed by atoms with Crippen LogP contribution in [0.3, 0.4) is 0 Å². The van der Waals surface area contributed by atoms with Crippen LogP contribution in [0.2, 0.25) is 0 Å². The maximum Gasteiger partial charge on any atom is 0.219 e. The molecule has 1 aromatic rings. The predicted octanol–water partition coefficient (Wildman–Crippen LogP) is 1.44. The van der Waals surface area contributed by atoms with Crippen molar-refractivity contribution in [3.8, 4) is 0 Å². The standard InChI is InChI=1S/C12H16N2O2/c1-8(7-12(13)16)14-6-5-9-10(14)3-2-4-11(9)15/h5-6,8H,2-4,7H2,1H3,(H2,13,16). The monoisotopic (exact) mass is 220 g/mol. The summed E-state index contributed by atoms with van der Waals surface area (Å²) in [7, 11) is 0. The fraction of sp³-hybridized carbons (Fsp3) is 0.500. The fourth-order valence-corrected chi connectivity index (χ4v) is 2.35. The minimum atomic E-state index is -0.308. The Hall–Kier alpha value is -1.58. The molecule has 2 N–H and O–H groups in total. The van der Waals surface area contributed by atoms with Gasteiger partial charge < -0.3 is 10.3 Å². The van der Waals surface area contributed by atoms with Crippen LogP contribution in [0.25, 0.3) is 0 Å². The Morgan fingerprint density at radius 3 is 3.00 bits per heavy atom. The van der Waals surface area contributed by atoms with Crippen molar-refractivity contribution in [3.05, 3.63) is 23.5 Å². The van der Waals surface area contributed by atoms with E-state index in [0.717, 1.165) is 24.1 Å². The summed E-state index contributed by atoms with van der Waals surface area (Å²) < 4.78 is 2.01. The van der Waals surface area contributed by atoms with Gasteiger partial charge in [-0.15, -0.1) is 0 Å². The molecular formula is C12H16N2O2. The number of amides is 1. The van der Waals surface area contributed by atoms with E-state index in [1.54, 1.807) is 0 Å². The lowest BCUT2D eigenvalue weighted by molar-refractivity contribution is -0.118. The lowest BCUT2D eigenvalue weighted by Gasteiger charge is -2.19. The highest BCUT2D eigenvalue weighted by Crippen LogP contribution is 2.26. The van der Waals surface area contributed by atoms with Gasteiger partial charge in [-0.05, 0) is 25.8 Å². The summed E-state index contributed by atoms with van der Waals surface area (Å²) >= 11 is 0. The molecule has 4 nitrogen and oxygen atoms in total. The van der Waals surface area contributed by atoms with Crippen LogP contribution in [0.5, 0.6) is 0 Å². The maximum absolute atomic E-state index is 11.6. The molecule has 16 heavy (non-hydrogen) atoms. The van der Waals surface area contributed by atoms with Crippen molar-refractivity contribution in [1.82, 2.24) is 4.57 Å². The van der Waals surface area contributed by atoms with Gasteiger partial charge >= 0.3 is 0 Å². The third-order valence-electron chi connectivity index (χ3n) is 3.11. The van der Waals surface area contributed by atoms with Gasteiger partial charge in [-0.3, -0.25) is 9.59 Å². The minimum Gasteiger partial charge on any atom is -0.370 e. The molecule has 0 aromatic carbocycles. The van der Waals surface area contributed by atoms with Crippen LogP contribution in [-0.4, -0.2) is 16.3 Å². The zero-order chi connectivity index (χ0) is 11.7. The lowest BCUT2D eigenvalue weighted by atomic mass is 9.96. The minimum absolute atomic E-state index is 0.0344. The number of nitrogens with two attached hydrogens (primary N) is 1. The van der Waals surface area contributed by atoms with Gasteiger partial charge in [-0.2, -0.15) is 0 Å². The van der Waals surface area contributed by atoms with E-state index in [-0.39, 0.29) is 17.7 Å². The molecule has 1 unspecified atom stereocenters. The summed E-state index contributed by atoms with van der Waals surface area (Å²) in [4.78, 5) is 22.5. The Morgan fingerprint density at radius 2 is 2.31 bits per heavy atom. The fourth-order valence-electron chi connectivity index (χ4n) is 2.35. The molecule has 1 heterocycles. The molecule has 1 atom stereocenters. The van der Waals surface area contributed by atoms with Crippen LogP contribution < -0.4 is 5.73 Å². The molecule has 1 aliphatic carbocycles. The second kappa shape index (κ2) is 4.12. The van der Waals surface area contributed by atoms with Crippen LogP contribution >= 0.6 is 0 Å². The van der Waals surface area contributed by atoms with Crippen molar-refractivity contribution in [1.29, 1.82) is 0 Å². The van der Waals surface area contributed by atoms with E-state index in [1.807, 2.05) is 23.8 Å². The number of hydrogen-bond donors (Lipinski definition) is 1. The molecule has 0 fully saturated rings. The van der Waals surface area contributed by atoms with E-state index in [4.69, 9.17) is 5.73 Å². The largest absolute Gasteiger partial charge is 0.370 e. The molecule has 2 rings (SSSR count). The number of hydrogen-bond acceptors (Lipinski definition) is 2. The quantitative estimate of drug-likeness (QED) is 0.837. The molecule has 0 spiro atoms. The van der Waals surface area contributed by atoms with Crippen molar-refractivity contribution in [3.63, 3.8) is 0 Å². The second-order valence-corrected chi connectivity index (χ2v) is 4.38. The van der Waals surface area contributed by atoms with Crippen molar-refractivity contribution in [2.45, 2.75) is 38.6 Å². The third kappa shape index (κ3) is 1.87. The van der Waals surface area contributed by atoms with E-state index in [2.05, 4.69) is 0 Å². The molecule has 86 valence electrons. The Labute approximate surface area is 94.4 Å². The number of carbonyl (C=O) groups excluding carboxylic acids is 2.